The lowest BCUT2D eigenvalue weighted by Gasteiger charge is -2.19. The van der Waals surface area contributed by atoms with Gasteiger partial charge in [-0.2, -0.15) is 0 Å². The van der Waals surface area contributed by atoms with Crippen molar-refractivity contribution < 1.29 is 0 Å². The van der Waals surface area contributed by atoms with E-state index >= 15 is 0 Å². The Hall–Kier alpha value is -0.0800. The third-order valence-electron chi connectivity index (χ3n) is 3.33. The van der Waals surface area contributed by atoms with Crippen molar-refractivity contribution in [3.63, 3.8) is 0 Å². The van der Waals surface area contributed by atoms with Crippen LogP contribution in [0.15, 0.2) is 0 Å². The summed E-state index contributed by atoms with van der Waals surface area (Å²) in [6, 6.07) is 0. The standard InChI is InChI=1S/C13H28N2/c1-4-14-9-6-5-7-10-15-11-8-13(2,3)12-15/h14H,4-12H2,1-3H3. The van der Waals surface area contributed by atoms with Crippen molar-refractivity contribution >= 4 is 0 Å². The van der Waals surface area contributed by atoms with Gasteiger partial charge in [0.2, 0.25) is 0 Å². The molecule has 0 saturated carbocycles. The summed E-state index contributed by atoms with van der Waals surface area (Å²) >= 11 is 0. The summed E-state index contributed by atoms with van der Waals surface area (Å²) in [5, 5.41) is 3.38. The molecule has 1 fully saturated rings. The van der Waals surface area contributed by atoms with Crippen LogP contribution >= 0.6 is 0 Å². The van der Waals surface area contributed by atoms with E-state index < -0.39 is 0 Å². The van der Waals surface area contributed by atoms with Crippen molar-refractivity contribution in [2.75, 3.05) is 32.7 Å². The zero-order valence-electron chi connectivity index (χ0n) is 10.8. The molecule has 0 aromatic rings. The highest BCUT2D eigenvalue weighted by Gasteiger charge is 2.28. The number of nitrogens with zero attached hydrogens (tertiary/aromatic N) is 1. The number of unbranched alkanes of at least 4 members (excludes halogenated alkanes) is 2. The van der Waals surface area contributed by atoms with Crippen LogP contribution in [0.5, 0.6) is 0 Å². The Balaban J connectivity index is 1.93. The quantitative estimate of drug-likeness (QED) is 0.652. The van der Waals surface area contributed by atoms with Gasteiger partial charge in [0.25, 0.3) is 0 Å². The largest absolute Gasteiger partial charge is 0.317 e. The molecular formula is C13H28N2. The molecule has 2 heteroatoms. The van der Waals surface area contributed by atoms with E-state index in [1.165, 1.54) is 51.9 Å². The predicted molar refractivity (Wildman–Crippen MR) is 67.2 cm³/mol. The van der Waals surface area contributed by atoms with Crippen LogP contribution in [0.1, 0.15) is 46.5 Å². The average molecular weight is 212 g/mol. The van der Waals surface area contributed by atoms with Crippen LogP contribution in [0.25, 0.3) is 0 Å². The minimum Gasteiger partial charge on any atom is -0.317 e. The molecule has 0 aromatic heterocycles. The van der Waals surface area contributed by atoms with E-state index in [-0.39, 0.29) is 0 Å². The maximum absolute atomic E-state index is 3.38. The van der Waals surface area contributed by atoms with Gasteiger partial charge in [0.15, 0.2) is 0 Å². The Morgan fingerprint density at radius 2 is 2.00 bits per heavy atom. The Morgan fingerprint density at radius 1 is 1.20 bits per heavy atom. The second-order valence-corrected chi connectivity index (χ2v) is 5.60. The summed E-state index contributed by atoms with van der Waals surface area (Å²) in [5.41, 5.74) is 0.573. The zero-order valence-corrected chi connectivity index (χ0v) is 10.8. The molecule has 15 heavy (non-hydrogen) atoms. The van der Waals surface area contributed by atoms with E-state index in [9.17, 15) is 0 Å². The third kappa shape index (κ3) is 5.53. The molecule has 1 heterocycles. The van der Waals surface area contributed by atoms with Crippen molar-refractivity contribution in [3.05, 3.63) is 0 Å². The lowest BCUT2D eigenvalue weighted by molar-refractivity contribution is 0.285. The van der Waals surface area contributed by atoms with Crippen molar-refractivity contribution in [2.24, 2.45) is 5.41 Å². The van der Waals surface area contributed by atoms with E-state index in [0.29, 0.717) is 5.41 Å². The number of nitrogens with one attached hydrogen (secondary N) is 1. The molecule has 1 aliphatic heterocycles. The van der Waals surface area contributed by atoms with Gasteiger partial charge in [-0.15, -0.1) is 0 Å². The number of rotatable bonds is 7. The highest BCUT2D eigenvalue weighted by atomic mass is 15.1. The van der Waals surface area contributed by atoms with Gasteiger partial charge in [-0.1, -0.05) is 27.2 Å². The molecule has 0 unspecified atom stereocenters. The summed E-state index contributed by atoms with van der Waals surface area (Å²) in [6.07, 6.45) is 5.47. The van der Waals surface area contributed by atoms with Crippen molar-refractivity contribution in [1.82, 2.24) is 10.2 Å². The molecule has 0 spiro atoms. The number of likely N-dealkylation sites (tertiary alicyclic amines) is 1. The van der Waals surface area contributed by atoms with Crippen LogP contribution in [0.4, 0.5) is 0 Å². The Kier molecular flexibility index (Phi) is 5.62. The molecule has 0 radical (unpaired) electrons. The predicted octanol–water partition coefficient (Wildman–Crippen LogP) is 2.50. The summed E-state index contributed by atoms with van der Waals surface area (Å²) in [7, 11) is 0. The van der Waals surface area contributed by atoms with Crippen LogP contribution in [-0.2, 0) is 0 Å². The van der Waals surface area contributed by atoms with Crippen LogP contribution in [0, 0.1) is 5.41 Å². The molecule has 0 aromatic carbocycles. The van der Waals surface area contributed by atoms with E-state index in [1.54, 1.807) is 0 Å². The minimum absolute atomic E-state index is 0.573. The highest BCUT2D eigenvalue weighted by Crippen LogP contribution is 2.28. The summed E-state index contributed by atoms with van der Waals surface area (Å²) in [6.45, 7) is 13.2. The van der Waals surface area contributed by atoms with Gasteiger partial charge in [-0.3, -0.25) is 0 Å². The Labute approximate surface area is 95.4 Å². The topological polar surface area (TPSA) is 15.3 Å². The Bertz CT molecular complexity index is 166. The maximum atomic E-state index is 3.38. The van der Waals surface area contributed by atoms with E-state index in [4.69, 9.17) is 0 Å². The van der Waals surface area contributed by atoms with Crippen molar-refractivity contribution in [3.8, 4) is 0 Å². The zero-order chi connectivity index (χ0) is 11.1. The average Bonchev–Trinajstić information content (AvgIpc) is 2.52. The van der Waals surface area contributed by atoms with Gasteiger partial charge in [0.1, 0.15) is 0 Å². The van der Waals surface area contributed by atoms with Crippen LogP contribution in [0.2, 0.25) is 0 Å². The normalized spacial score (nSPS) is 21.0. The highest BCUT2D eigenvalue weighted by molar-refractivity contribution is 4.82. The molecule has 1 N–H and O–H groups in total. The lowest BCUT2D eigenvalue weighted by Crippen LogP contribution is -2.24. The van der Waals surface area contributed by atoms with E-state index in [0.717, 1.165) is 6.54 Å². The first-order valence-corrected chi connectivity index (χ1v) is 6.57. The monoisotopic (exact) mass is 212 g/mol. The van der Waals surface area contributed by atoms with Crippen LogP contribution in [0.3, 0.4) is 0 Å². The van der Waals surface area contributed by atoms with Crippen LogP contribution in [-0.4, -0.2) is 37.6 Å². The SMILES string of the molecule is CCNCCCCCN1CCC(C)(C)C1. The van der Waals surface area contributed by atoms with Gasteiger partial charge in [-0.25, -0.2) is 0 Å². The van der Waals surface area contributed by atoms with Crippen molar-refractivity contribution in [1.29, 1.82) is 0 Å². The first-order valence-electron chi connectivity index (χ1n) is 6.57. The van der Waals surface area contributed by atoms with Crippen LogP contribution < -0.4 is 5.32 Å². The van der Waals surface area contributed by atoms with E-state index in [1.807, 2.05) is 0 Å². The van der Waals surface area contributed by atoms with Gasteiger partial charge in [-0.05, 0) is 50.9 Å². The molecule has 0 bridgehead atoms. The number of hydrogen-bond donors (Lipinski definition) is 1. The molecule has 90 valence electrons. The van der Waals surface area contributed by atoms with Gasteiger partial charge < -0.3 is 10.2 Å². The van der Waals surface area contributed by atoms with E-state index in [2.05, 4.69) is 31.0 Å². The number of hydrogen-bond acceptors (Lipinski definition) is 2. The molecule has 0 amide bonds. The molecule has 0 aliphatic carbocycles. The fraction of sp³-hybridized carbons (Fsp3) is 1.00. The fourth-order valence-electron chi connectivity index (χ4n) is 2.35. The van der Waals surface area contributed by atoms with Gasteiger partial charge >= 0.3 is 0 Å². The Morgan fingerprint density at radius 3 is 2.60 bits per heavy atom. The molecule has 1 saturated heterocycles. The fourth-order valence-corrected chi connectivity index (χ4v) is 2.35. The minimum atomic E-state index is 0.573. The summed E-state index contributed by atoms with van der Waals surface area (Å²) in [4.78, 5) is 2.63. The molecular weight excluding hydrogens is 184 g/mol. The third-order valence-corrected chi connectivity index (χ3v) is 3.33. The smallest absolute Gasteiger partial charge is 0.00332 e. The second kappa shape index (κ2) is 6.49. The van der Waals surface area contributed by atoms with Gasteiger partial charge in [0.05, 0.1) is 0 Å². The summed E-state index contributed by atoms with van der Waals surface area (Å²) < 4.78 is 0. The molecule has 2 nitrogen and oxygen atoms in total. The maximum Gasteiger partial charge on any atom is 0.00332 e. The summed E-state index contributed by atoms with van der Waals surface area (Å²) in [5.74, 6) is 0. The lowest BCUT2D eigenvalue weighted by atomic mass is 9.93. The molecule has 1 aliphatic rings. The molecule has 1 rings (SSSR count). The second-order valence-electron chi connectivity index (χ2n) is 5.60. The first kappa shape index (κ1) is 13.0. The van der Waals surface area contributed by atoms with Gasteiger partial charge in [0, 0.05) is 6.54 Å². The van der Waals surface area contributed by atoms with Crippen molar-refractivity contribution in [2.45, 2.75) is 46.5 Å². The molecule has 0 atom stereocenters. The first-order chi connectivity index (χ1) is 7.14.